The Bertz CT molecular complexity index is 216. The third-order valence-electron chi connectivity index (χ3n) is 3.08. The molecule has 0 aromatic rings. The summed E-state index contributed by atoms with van der Waals surface area (Å²) >= 11 is 0. The van der Waals surface area contributed by atoms with E-state index in [9.17, 15) is 9.90 Å². The molecule has 114 valence electrons. The molecule has 0 spiro atoms. The molecule has 0 aromatic heterocycles. The van der Waals surface area contributed by atoms with E-state index in [2.05, 4.69) is 0 Å². The minimum Gasteiger partial charge on any atom is -0.396 e. The topological polar surface area (TPSA) is 76.0 Å². The van der Waals surface area contributed by atoms with E-state index in [0.717, 1.165) is 38.5 Å². The van der Waals surface area contributed by atoms with E-state index >= 15 is 0 Å². The van der Waals surface area contributed by atoms with Crippen LogP contribution in [0.25, 0.3) is 0 Å². The molecule has 0 rings (SSSR count). The number of aliphatic hydroxyl groups excluding tert-OH is 2. The second-order valence-corrected chi connectivity index (χ2v) is 4.74. The number of aliphatic hydroxyl groups is 2. The van der Waals surface area contributed by atoms with Crippen molar-refractivity contribution in [2.45, 2.75) is 63.8 Å². The summed E-state index contributed by atoms with van der Waals surface area (Å²) in [5, 5.41) is 18.3. The molecule has 0 aliphatic heterocycles. The molecule has 2 N–H and O–H groups in total. The zero-order valence-electron chi connectivity index (χ0n) is 12.1. The highest BCUT2D eigenvalue weighted by molar-refractivity contribution is 5.78. The zero-order valence-corrected chi connectivity index (χ0v) is 12.1. The van der Waals surface area contributed by atoms with Gasteiger partial charge in [-0.15, -0.1) is 0 Å². The van der Waals surface area contributed by atoms with Crippen LogP contribution in [-0.2, 0) is 14.3 Å². The molecule has 5 heteroatoms. The largest absolute Gasteiger partial charge is 0.396 e. The van der Waals surface area contributed by atoms with Gasteiger partial charge in [-0.2, -0.15) is 0 Å². The molecule has 0 heterocycles. The third kappa shape index (κ3) is 10.0. The van der Waals surface area contributed by atoms with Crippen LogP contribution in [0.4, 0.5) is 0 Å². The summed E-state index contributed by atoms with van der Waals surface area (Å²) in [5.41, 5.74) is 0. The minimum absolute atomic E-state index is 0.0435. The Kier molecular flexibility index (Phi) is 12.2. The van der Waals surface area contributed by atoms with E-state index in [1.165, 1.54) is 14.2 Å². The Morgan fingerprint density at radius 1 is 1.00 bits per heavy atom. The van der Waals surface area contributed by atoms with Gasteiger partial charge in [0.15, 0.2) is 6.29 Å². The van der Waals surface area contributed by atoms with Gasteiger partial charge in [-0.1, -0.05) is 25.7 Å². The lowest BCUT2D eigenvalue weighted by Gasteiger charge is -2.19. The van der Waals surface area contributed by atoms with Gasteiger partial charge in [-0.3, -0.25) is 4.79 Å². The third-order valence-corrected chi connectivity index (χ3v) is 3.08. The van der Waals surface area contributed by atoms with Crippen LogP contribution in [0, 0.1) is 0 Å². The first-order valence-electron chi connectivity index (χ1n) is 7.02. The number of hydrogen-bond acceptors (Lipinski definition) is 5. The quantitative estimate of drug-likeness (QED) is 0.395. The molecule has 0 radical (unpaired) electrons. The number of ketones is 1. The molecule has 0 saturated carbocycles. The van der Waals surface area contributed by atoms with Crippen LogP contribution in [0.15, 0.2) is 0 Å². The van der Waals surface area contributed by atoms with E-state index in [4.69, 9.17) is 14.6 Å². The molecule has 0 fully saturated rings. The van der Waals surface area contributed by atoms with Gasteiger partial charge in [0.2, 0.25) is 0 Å². The number of methoxy groups -OCH3 is 2. The molecule has 0 bridgehead atoms. The first-order valence-corrected chi connectivity index (χ1v) is 7.02. The maximum atomic E-state index is 11.6. The summed E-state index contributed by atoms with van der Waals surface area (Å²) in [4.78, 5) is 11.6. The van der Waals surface area contributed by atoms with Crippen LogP contribution in [0.5, 0.6) is 0 Å². The summed E-state index contributed by atoms with van der Waals surface area (Å²) in [6.45, 7) is 0.260. The summed E-state index contributed by atoms with van der Waals surface area (Å²) in [7, 11) is 2.88. The fraction of sp³-hybridized carbons (Fsp3) is 0.929. The maximum Gasteiger partial charge on any atom is 0.183 e. The van der Waals surface area contributed by atoms with E-state index in [-0.39, 0.29) is 18.8 Å². The van der Waals surface area contributed by atoms with Crippen molar-refractivity contribution < 1.29 is 24.5 Å². The van der Waals surface area contributed by atoms with E-state index in [0.29, 0.717) is 6.42 Å². The standard InChI is InChI=1S/C14H28O5/c1-18-14(19-2)13(17)11-12(16)9-7-5-3-4-6-8-10-15/h13-15,17H,3-11H2,1-2H3. The normalized spacial score (nSPS) is 12.9. The van der Waals surface area contributed by atoms with Gasteiger partial charge in [-0.25, -0.2) is 0 Å². The number of ether oxygens (including phenoxy) is 2. The van der Waals surface area contributed by atoms with E-state index in [1.807, 2.05) is 0 Å². The monoisotopic (exact) mass is 276 g/mol. The van der Waals surface area contributed by atoms with Crippen molar-refractivity contribution in [2.24, 2.45) is 0 Å². The van der Waals surface area contributed by atoms with Gasteiger partial charge in [0.25, 0.3) is 0 Å². The first kappa shape index (κ1) is 18.5. The van der Waals surface area contributed by atoms with Gasteiger partial charge in [-0.05, 0) is 12.8 Å². The molecule has 1 unspecified atom stereocenters. The number of Topliss-reactive ketones (excluding diaryl/α,β-unsaturated/α-hetero) is 1. The van der Waals surface area contributed by atoms with E-state index in [1.54, 1.807) is 0 Å². The second-order valence-electron chi connectivity index (χ2n) is 4.74. The highest BCUT2D eigenvalue weighted by Gasteiger charge is 2.20. The SMILES string of the molecule is COC(OC)C(O)CC(=O)CCCCCCCCO. The molecule has 19 heavy (non-hydrogen) atoms. The molecule has 0 saturated heterocycles. The van der Waals surface area contributed by atoms with Crippen LogP contribution in [0.3, 0.4) is 0 Å². The van der Waals surface area contributed by atoms with Crippen LogP contribution in [0.2, 0.25) is 0 Å². The Morgan fingerprint density at radius 3 is 2.05 bits per heavy atom. The molecule has 0 aromatic carbocycles. The van der Waals surface area contributed by atoms with Crippen molar-refractivity contribution in [2.75, 3.05) is 20.8 Å². The zero-order chi connectivity index (χ0) is 14.5. The lowest BCUT2D eigenvalue weighted by atomic mass is 10.0. The molecule has 5 nitrogen and oxygen atoms in total. The maximum absolute atomic E-state index is 11.6. The Morgan fingerprint density at radius 2 is 1.53 bits per heavy atom. The molecule has 0 amide bonds. The second kappa shape index (κ2) is 12.5. The van der Waals surface area contributed by atoms with Crippen LogP contribution >= 0.6 is 0 Å². The van der Waals surface area contributed by atoms with Crippen molar-refractivity contribution >= 4 is 5.78 Å². The van der Waals surface area contributed by atoms with Crippen LogP contribution in [0.1, 0.15) is 51.4 Å². The molecular weight excluding hydrogens is 248 g/mol. The predicted molar refractivity (Wildman–Crippen MR) is 72.8 cm³/mol. The number of hydrogen-bond donors (Lipinski definition) is 2. The Hall–Kier alpha value is -0.490. The van der Waals surface area contributed by atoms with Crippen molar-refractivity contribution in [3.63, 3.8) is 0 Å². The summed E-state index contributed by atoms with van der Waals surface area (Å²) < 4.78 is 9.80. The van der Waals surface area contributed by atoms with Crippen molar-refractivity contribution in [3.05, 3.63) is 0 Å². The average molecular weight is 276 g/mol. The lowest BCUT2D eigenvalue weighted by molar-refractivity contribution is -0.168. The highest BCUT2D eigenvalue weighted by atomic mass is 16.7. The lowest BCUT2D eigenvalue weighted by Crippen LogP contribution is -2.31. The Balaban J connectivity index is 3.53. The number of rotatable bonds is 13. The van der Waals surface area contributed by atoms with Crippen LogP contribution in [-0.4, -0.2) is 49.2 Å². The molecule has 0 aliphatic carbocycles. The van der Waals surface area contributed by atoms with Crippen molar-refractivity contribution in [1.29, 1.82) is 0 Å². The fourth-order valence-electron chi connectivity index (χ4n) is 1.98. The minimum atomic E-state index is -0.896. The van der Waals surface area contributed by atoms with Gasteiger partial charge in [0, 0.05) is 33.7 Å². The first-order chi connectivity index (χ1) is 9.15. The highest BCUT2D eigenvalue weighted by Crippen LogP contribution is 2.10. The summed E-state index contributed by atoms with van der Waals surface area (Å²) in [5.74, 6) is 0.0435. The fourth-order valence-corrected chi connectivity index (χ4v) is 1.98. The molecular formula is C14H28O5. The Labute approximate surface area is 115 Å². The number of carbonyl (C=O) groups is 1. The van der Waals surface area contributed by atoms with Gasteiger partial charge >= 0.3 is 0 Å². The number of carbonyl (C=O) groups excluding carboxylic acids is 1. The molecule has 0 aliphatic rings. The van der Waals surface area contributed by atoms with E-state index < -0.39 is 12.4 Å². The summed E-state index contributed by atoms with van der Waals surface area (Å²) in [6, 6.07) is 0. The average Bonchev–Trinajstić information content (AvgIpc) is 2.39. The van der Waals surface area contributed by atoms with Gasteiger partial charge in [0.05, 0.1) is 0 Å². The van der Waals surface area contributed by atoms with Gasteiger partial charge in [0.1, 0.15) is 11.9 Å². The molecule has 1 atom stereocenters. The number of unbranched alkanes of at least 4 members (excludes halogenated alkanes) is 5. The summed E-state index contributed by atoms with van der Waals surface area (Å²) in [6.07, 6.45) is 4.93. The van der Waals surface area contributed by atoms with Crippen molar-refractivity contribution in [1.82, 2.24) is 0 Å². The predicted octanol–water partition coefficient (Wildman–Crippen LogP) is 1.65. The smallest absolute Gasteiger partial charge is 0.183 e. The van der Waals surface area contributed by atoms with Crippen LogP contribution < -0.4 is 0 Å². The van der Waals surface area contributed by atoms with Crippen molar-refractivity contribution in [3.8, 4) is 0 Å². The van der Waals surface area contributed by atoms with Gasteiger partial charge < -0.3 is 19.7 Å².